The Hall–Kier alpha value is 0. The lowest BCUT2D eigenvalue weighted by Crippen LogP contribution is -2.25. The molecule has 0 nitrogen and oxygen atoms in total. The molecule has 100 valence electrons. The van der Waals surface area contributed by atoms with E-state index in [4.69, 9.17) is 0 Å². The Balaban J connectivity index is 0.000000188. The first-order valence-corrected chi connectivity index (χ1v) is 7.93. The maximum atomic E-state index is 2.19. The summed E-state index contributed by atoms with van der Waals surface area (Å²) in [5.41, 5.74) is 0.500. The van der Waals surface area contributed by atoms with Gasteiger partial charge in [-0.3, -0.25) is 0 Å². The van der Waals surface area contributed by atoms with Crippen LogP contribution in [0.25, 0.3) is 0 Å². The van der Waals surface area contributed by atoms with Crippen LogP contribution in [0.3, 0.4) is 0 Å². The fourth-order valence-electron chi connectivity index (χ4n) is 4.25. The highest BCUT2D eigenvalue weighted by molar-refractivity contribution is 4.91. The molecule has 3 aliphatic rings. The largest absolute Gasteiger partial charge is 0.0604 e. The molecule has 0 aromatic rings. The molecule has 3 saturated carbocycles. The molecule has 0 saturated heterocycles. The summed E-state index contributed by atoms with van der Waals surface area (Å²) in [5, 5.41) is 0. The average molecular weight is 236 g/mol. The maximum absolute atomic E-state index is 2.19. The summed E-state index contributed by atoms with van der Waals surface area (Å²) in [6.07, 6.45) is 12.7. The molecular weight excluding hydrogens is 204 g/mol. The highest BCUT2D eigenvalue weighted by atomic mass is 14.5. The molecule has 0 heteroatoms. The van der Waals surface area contributed by atoms with E-state index in [0.29, 0.717) is 5.41 Å². The third kappa shape index (κ3) is 4.00. The smallest absolute Gasteiger partial charge is 0.0383 e. The van der Waals surface area contributed by atoms with Gasteiger partial charge >= 0.3 is 0 Å². The predicted molar refractivity (Wildman–Crippen MR) is 76.0 cm³/mol. The minimum atomic E-state index is 0.500. The zero-order valence-electron chi connectivity index (χ0n) is 12.5. The monoisotopic (exact) mass is 236 g/mol. The highest BCUT2D eigenvalue weighted by Crippen LogP contribution is 2.51. The summed E-state index contributed by atoms with van der Waals surface area (Å²) in [5.74, 6) is 4.68. The maximum Gasteiger partial charge on any atom is -0.0383 e. The Morgan fingerprint density at radius 1 is 0.588 bits per heavy atom. The lowest BCUT2D eigenvalue weighted by atomic mass is 9.71. The van der Waals surface area contributed by atoms with Crippen LogP contribution in [0, 0.1) is 29.1 Å². The summed E-state index contributed by atoms with van der Waals surface area (Å²) in [7, 11) is 0. The first kappa shape index (κ1) is 13.4. The summed E-state index contributed by atoms with van der Waals surface area (Å²) in [4.78, 5) is 0. The predicted octanol–water partition coefficient (Wildman–Crippen LogP) is 5.67. The van der Waals surface area contributed by atoms with Crippen molar-refractivity contribution in [2.75, 3.05) is 0 Å². The zero-order chi connectivity index (χ0) is 12.5. The van der Waals surface area contributed by atoms with Crippen LogP contribution >= 0.6 is 0 Å². The van der Waals surface area contributed by atoms with Crippen LogP contribution in [0.5, 0.6) is 0 Å². The first-order chi connectivity index (χ1) is 7.93. The van der Waals surface area contributed by atoms with E-state index >= 15 is 0 Å². The van der Waals surface area contributed by atoms with Gasteiger partial charge < -0.3 is 0 Å². The van der Waals surface area contributed by atoms with Gasteiger partial charge in [0.2, 0.25) is 0 Å². The number of rotatable bonds is 0. The van der Waals surface area contributed by atoms with E-state index in [-0.39, 0.29) is 0 Å². The Morgan fingerprint density at radius 3 is 1.06 bits per heavy atom. The Kier molecular flexibility index (Phi) is 4.21. The van der Waals surface area contributed by atoms with E-state index in [2.05, 4.69) is 27.7 Å². The minimum Gasteiger partial charge on any atom is -0.0604 e. The minimum absolute atomic E-state index is 0.500. The van der Waals surface area contributed by atoms with Crippen molar-refractivity contribution in [1.29, 1.82) is 0 Å². The third-order valence-electron chi connectivity index (χ3n) is 4.84. The Morgan fingerprint density at radius 2 is 0.824 bits per heavy atom. The molecule has 0 N–H and O–H groups in total. The van der Waals surface area contributed by atoms with Crippen molar-refractivity contribution in [3.8, 4) is 0 Å². The summed E-state index contributed by atoms with van der Waals surface area (Å²) in [6.45, 7) is 8.75. The quantitative estimate of drug-likeness (QED) is 0.508. The van der Waals surface area contributed by atoms with Crippen LogP contribution in [0.4, 0.5) is 0 Å². The van der Waals surface area contributed by atoms with Crippen LogP contribution in [-0.2, 0) is 0 Å². The molecule has 3 fully saturated rings. The molecule has 3 rings (SSSR count). The van der Waals surface area contributed by atoms with Crippen LogP contribution in [0.1, 0.15) is 79.1 Å². The van der Waals surface area contributed by atoms with Gasteiger partial charge in [0.25, 0.3) is 0 Å². The molecule has 4 unspecified atom stereocenters. The van der Waals surface area contributed by atoms with Gasteiger partial charge in [-0.1, -0.05) is 66.2 Å². The van der Waals surface area contributed by atoms with Gasteiger partial charge in [0.05, 0.1) is 0 Å². The van der Waals surface area contributed by atoms with Crippen LogP contribution in [-0.4, -0.2) is 0 Å². The molecule has 0 spiro atoms. The van der Waals surface area contributed by atoms with Crippen LogP contribution < -0.4 is 0 Å². The molecule has 17 heavy (non-hydrogen) atoms. The van der Waals surface area contributed by atoms with Crippen LogP contribution in [0.2, 0.25) is 0 Å². The van der Waals surface area contributed by atoms with E-state index in [9.17, 15) is 0 Å². The summed E-state index contributed by atoms with van der Waals surface area (Å²) in [6, 6.07) is 0. The molecule has 0 aromatic carbocycles. The SMILES string of the molecule is C1CC2CC3CCCC3CC2C1.CC(C)(C)C. The van der Waals surface area contributed by atoms with Crippen LogP contribution in [0.15, 0.2) is 0 Å². The normalized spacial score (nSPS) is 40.2. The Bertz CT molecular complexity index is 193. The van der Waals surface area contributed by atoms with Gasteiger partial charge in [0, 0.05) is 0 Å². The topological polar surface area (TPSA) is 0 Å². The van der Waals surface area contributed by atoms with Crippen molar-refractivity contribution >= 4 is 0 Å². The second-order valence-corrected chi connectivity index (χ2v) is 8.37. The summed E-state index contributed by atoms with van der Waals surface area (Å²) >= 11 is 0. The second-order valence-electron chi connectivity index (χ2n) is 8.37. The molecule has 4 atom stereocenters. The third-order valence-corrected chi connectivity index (χ3v) is 4.84. The fraction of sp³-hybridized carbons (Fsp3) is 1.00. The molecule has 0 heterocycles. The van der Waals surface area contributed by atoms with Gasteiger partial charge in [0.1, 0.15) is 0 Å². The standard InChI is InChI=1S/C12H20.C5H12/c1-3-9-7-11-5-2-6-12(11)8-10(9)4-1;1-5(2,3)4/h9-12H,1-8H2;1-4H3. The van der Waals surface area contributed by atoms with Gasteiger partial charge in [-0.05, 0) is 41.9 Å². The number of fused-ring (bicyclic) bond motifs is 2. The van der Waals surface area contributed by atoms with Crippen molar-refractivity contribution in [2.24, 2.45) is 29.1 Å². The first-order valence-electron chi connectivity index (χ1n) is 7.93. The van der Waals surface area contributed by atoms with Crippen molar-refractivity contribution in [3.63, 3.8) is 0 Å². The molecule has 3 aliphatic carbocycles. The lowest BCUT2D eigenvalue weighted by Gasteiger charge is -2.34. The van der Waals surface area contributed by atoms with E-state index < -0.39 is 0 Å². The van der Waals surface area contributed by atoms with E-state index in [0.717, 1.165) is 0 Å². The molecule has 0 amide bonds. The van der Waals surface area contributed by atoms with Gasteiger partial charge in [-0.25, -0.2) is 0 Å². The van der Waals surface area contributed by atoms with Gasteiger partial charge in [-0.2, -0.15) is 0 Å². The molecule has 0 aromatic heterocycles. The van der Waals surface area contributed by atoms with Crippen molar-refractivity contribution in [2.45, 2.75) is 79.1 Å². The summed E-state index contributed by atoms with van der Waals surface area (Å²) < 4.78 is 0. The lowest BCUT2D eigenvalue weighted by molar-refractivity contribution is 0.157. The number of hydrogen-bond donors (Lipinski definition) is 0. The van der Waals surface area contributed by atoms with E-state index in [1.807, 2.05) is 0 Å². The Labute approximate surface area is 109 Å². The van der Waals surface area contributed by atoms with Gasteiger partial charge in [0.15, 0.2) is 0 Å². The van der Waals surface area contributed by atoms with Crippen molar-refractivity contribution in [3.05, 3.63) is 0 Å². The molecular formula is C17H32. The van der Waals surface area contributed by atoms with E-state index in [1.54, 1.807) is 51.4 Å². The van der Waals surface area contributed by atoms with Gasteiger partial charge in [-0.15, -0.1) is 0 Å². The molecule has 0 radical (unpaired) electrons. The molecule has 0 bridgehead atoms. The number of hydrogen-bond acceptors (Lipinski definition) is 0. The van der Waals surface area contributed by atoms with Crippen molar-refractivity contribution in [1.82, 2.24) is 0 Å². The highest BCUT2D eigenvalue weighted by Gasteiger charge is 2.40. The fourth-order valence-corrected chi connectivity index (χ4v) is 4.25. The molecule has 0 aliphatic heterocycles. The second kappa shape index (κ2) is 5.33. The van der Waals surface area contributed by atoms with E-state index in [1.165, 1.54) is 23.7 Å². The average Bonchev–Trinajstić information content (AvgIpc) is 2.76. The zero-order valence-corrected chi connectivity index (χ0v) is 12.5. The van der Waals surface area contributed by atoms with Crippen molar-refractivity contribution < 1.29 is 0 Å².